The van der Waals surface area contributed by atoms with E-state index in [1.807, 2.05) is 0 Å². The van der Waals surface area contributed by atoms with E-state index in [0.29, 0.717) is 5.56 Å². The van der Waals surface area contributed by atoms with Crippen LogP contribution in [0.4, 0.5) is 0 Å². The molecule has 6 N–H and O–H groups in total. The molecule has 0 radical (unpaired) electrons. The van der Waals surface area contributed by atoms with Crippen molar-refractivity contribution in [3.8, 4) is 5.75 Å². The molecular weight excluding hydrogens is 536 g/mol. The number of phenols is 1. The Hall–Kier alpha value is -3.08. The molecule has 1 aliphatic carbocycles. The Morgan fingerprint density at radius 1 is 1.05 bits per heavy atom. The summed E-state index contributed by atoms with van der Waals surface area (Å²) < 4.78 is 33.6. The lowest BCUT2D eigenvalue weighted by Gasteiger charge is -2.45. The molecule has 1 aromatic carbocycles. The van der Waals surface area contributed by atoms with Crippen LogP contribution in [-0.4, -0.2) is 117 Å². The monoisotopic (exact) mass is 564 g/mol. The second-order valence-electron chi connectivity index (χ2n) is 10.3. The van der Waals surface area contributed by atoms with Crippen LogP contribution in [-0.2, 0) is 38.0 Å². The van der Waals surface area contributed by atoms with Gasteiger partial charge in [-0.1, -0.05) is 12.1 Å². The van der Waals surface area contributed by atoms with E-state index in [-0.39, 0.29) is 16.9 Å². The fraction of sp³-hybridized carbons (Fsp3) is 0.538. The van der Waals surface area contributed by atoms with Gasteiger partial charge in [-0.3, -0.25) is 0 Å². The minimum absolute atomic E-state index is 0.00990. The van der Waals surface area contributed by atoms with Gasteiger partial charge in [0.2, 0.25) is 6.29 Å². The van der Waals surface area contributed by atoms with Crippen molar-refractivity contribution in [2.75, 3.05) is 13.7 Å². The Labute approximate surface area is 226 Å². The molecule has 40 heavy (non-hydrogen) atoms. The van der Waals surface area contributed by atoms with Crippen LogP contribution in [0.5, 0.6) is 5.75 Å². The van der Waals surface area contributed by atoms with Crippen molar-refractivity contribution in [3.63, 3.8) is 0 Å². The summed E-state index contributed by atoms with van der Waals surface area (Å²) >= 11 is 0. The van der Waals surface area contributed by atoms with E-state index in [4.69, 9.17) is 28.4 Å². The number of rotatable bonds is 5. The molecule has 0 amide bonds. The van der Waals surface area contributed by atoms with Crippen molar-refractivity contribution in [2.24, 2.45) is 11.8 Å². The van der Waals surface area contributed by atoms with Gasteiger partial charge in [0.15, 0.2) is 11.9 Å². The van der Waals surface area contributed by atoms with Gasteiger partial charge in [-0.25, -0.2) is 9.59 Å². The highest BCUT2D eigenvalue weighted by Crippen LogP contribution is 2.64. The van der Waals surface area contributed by atoms with Crippen LogP contribution in [0.1, 0.15) is 5.56 Å². The van der Waals surface area contributed by atoms with Gasteiger partial charge in [-0.2, -0.15) is 0 Å². The first-order valence-electron chi connectivity index (χ1n) is 12.6. The second kappa shape index (κ2) is 9.78. The summed E-state index contributed by atoms with van der Waals surface area (Å²) in [5, 5.41) is 61.6. The number of aliphatic hydroxyl groups is 5. The molecule has 14 nitrogen and oxygen atoms in total. The van der Waals surface area contributed by atoms with E-state index in [9.17, 15) is 40.2 Å². The number of aromatic hydroxyl groups is 1. The summed E-state index contributed by atoms with van der Waals surface area (Å²) in [6, 6.07) is 5.89. The third kappa shape index (κ3) is 3.94. The van der Waals surface area contributed by atoms with Gasteiger partial charge in [-0.15, -0.1) is 0 Å². The maximum atomic E-state index is 13.1. The maximum Gasteiger partial charge on any atom is 0.337 e. The summed E-state index contributed by atoms with van der Waals surface area (Å²) in [6.45, 7) is -0.696. The van der Waals surface area contributed by atoms with Crippen molar-refractivity contribution < 1.29 is 68.6 Å². The van der Waals surface area contributed by atoms with Gasteiger partial charge in [0, 0.05) is 5.92 Å². The Morgan fingerprint density at radius 3 is 2.45 bits per heavy atom. The molecule has 216 valence electrons. The molecule has 0 aromatic heterocycles. The number of hydrogen-bond acceptors (Lipinski definition) is 14. The molecule has 4 fully saturated rings. The summed E-state index contributed by atoms with van der Waals surface area (Å²) in [7, 11) is 1.17. The average molecular weight is 564 g/mol. The minimum Gasteiger partial charge on any atom is -0.508 e. The molecule has 0 bridgehead atoms. The average Bonchev–Trinajstić information content (AvgIpc) is 3.65. The largest absolute Gasteiger partial charge is 0.508 e. The summed E-state index contributed by atoms with van der Waals surface area (Å²) in [6.07, 6.45) is -10.1. The summed E-state index contributed by atoms with van der Waals surface area (Å²) in [5.41, 5.74) is -1.36. The lowest BCUT2D eigenvalue weighted by Crippen LogP contribution is -2.62. The van der Waals surface area contributed by atoms with E-state index in [0.717, 1.165) is 6.26 Å². The highest BCUT2D eigenvalue weighted by molar-refractivity contribution is 5.98. The number of benzene rings is 1. The van der Waals surface area contributed by atoms with Gasteiger partial charge in [0.1, 0.15) is 42.4 Å². The van der Waals surface area contributed by atoms with E-state index in [2.05, 4.69) is 0 Å². The number of esters is 2. The number of ether oxygens (including phenoxy) is 6. The molecule has 14 heteroatoms. The molecule has 1 aromatic rings. The summed E-state index contributed by atoms with van der Waals surface area (Å²) in [4.78, 5) is 25.8. The van der Waals surface area contributed by atoms with E-state index < -0.39 is 91.3 Å². The SMILES string of the molecule is COC(=O)C1=CO[C@@H](O[C@H]2O[C@H](CO)[C@H](O)[C@@H](O)[C@H]2O)[C@H]2[C@@H]1[C@@H]1O[C@@H]1[C@@]21OC(=O)/C(=C\c2ccc(O)cc2)[C@@H]1O. The molecule has 1 saturated carbocycles. The molecule has 5 aliphatic rings. The first-order chi connectivity index (χ1) is 19.1. The normalized spacial score (nSPS) is 44.5. The van der Waals surface area contributed by atoms with Gasteiger partial charge in [0.25, 0.3) is 0 Å². The first-order valence-corrected chi connectivity index (χ1v) is 12.6. The van der Waals surface area contributed by atoms with Gasteiger partial charge < -0.3 is 59.1 Å². The highest BCUT2D eigenvalue weighted by atomic mass is 16.8. The number of methoxy groups -OCH3 is 1. The van der Waals surface area contributed by atoms with Crippen LogP contribution in [0.15, 0.2) is 41.7 Å². The zero-order valence-corrected chi connectivity index (χ0v) is 21.0. The van der Waals surface area contributed by atoms with E-state index >= 15 is 0 Å². The lowest BCUT2D eigenvalue weighted by molar-refractivity contribution is -0.350. The number of aliphatic hydroxyl groups excluding tert-OH is 5. The zero-order valence-electron chi connectivity index (χ0n) is 21.0. The highest BCUT2D eigenvalue weighted by Gasteiger charge is 2.81. The maximum absolute atomic E-state index is 13.1. The van der Waals surface area contributed by atoms with Crippen LogP contribution < -0.4 is 0 Å². The number of fused-ring (bicyclic) bond motifs is 5. The van der Waals surface area contributed by atoms with E-state index in [1.165, 1.54) is 37.5 Å². The Kier molecular flexibility index (Phi) is 6.63. The zero-order chi connectivity index (χ0) is 28.5. The predicted molar refractivity (Wildman–Crippen MR) is 126 cm³/mol. The van der Waals surface area contributed by atoms with Gasteiger partial charge in [-0.05, 0) is 23.8 Å². The molecule has 4 heterocycles. The molecule has 4 aliphatic heterocycles. The summed E-state index contributed by atoms with van der Waals surface area (Å²) in [5.74, 6) is -3.51. The minimum atomic E-state index is -1.79. The molecule has 3 saturated heterocycles. The number of phenolic OH excluding ortho intramolecular Hbond substituents is 1. The first kappa shape index (κ1) is 27.1. The third-order valence-corrected chi connectivity index (χ3v) is 8.19. The molecule has 1 spiro atoms. The van der Waals surface area contributed by atoms with Crippen LogP contribution >= 0.6 is 0 Å². The van der Waals surface area contributed by atoms with Crippen molar-refractivity contribution >= 4 is 18.0 Å². The Morgan fingerprint density at radius 2 is 1.77 bits per heavy atom. The van der Waals surface area contributed by atoms with Crippen LogP contribution in [0.3, 0.4) is 0 Å². The van der Waals surface area contributed by atoms with Gasteiger partial charge in [0.05, 0.1) is 43.1 Å². The van der Waals surface area contributed by atoms with Gasteiger partial charge >= 0.3 is 11.9 Å². The molecule has 6 rings (SSSR count). The Balaban J connectivity index is 1.37. The van der Waals surface area contributed by atoms with Crippen LogP contribution in [0, 0.1) is 11.8 Å². The molecule has 12 atom stereocenters. The smallest absolute Gasteiger partial charge is 0.337 e. The predicted octanol–water partition coefficient (Wildman–Crippen LogP) is -2.32. The lowest BCUT2D eigenvalue weighted by atomic mass is 9.75. The van der Waals surface area contributed by atoms with E-state index in [1.54, 1.807) is 0 Å². The second-order valence-corrected chi connectivity index (χ2v) is 10.3. The fourth-order valence-corrected chi connectivity index (χ4v) is 6.20. The quantitative estimate of drug-likeness (QED) is 0.126. The van der Waals surface area contributed by atoms with Crippen LogP contribution in [0.2, 0.25) is 0 Å². The number of carbonyl (C=O) groups excluding carboxylic acids is 2. The Bertz CT molecular complexity index is 1240. The standard InChI is InChI=1S/C26H28O14/c1-35-22(33)12-8-36-24(39-25-18(31)17(30)16(29)13(7-27)37-25)15-14(12)19-21(38-19)26(15)20(32)11(23(34)40-26)6-9-2-4-10(28)5-3-9/h2-6,8,13-21,24-25,27-32H,7H2,1H3/b11-6-/t13-,14-,15-,16+,17-,18-,19+,20+,21+,24+,25-,26-/m1/s1. The topological polar surface area (TPSA) is 214 Å². The number of epoxide rings is 1. The van der Waals surface area contributed by atoms with Crippen molar-refractivity contribution in [2.45, 2.75) is 60.9 Å². The molecular formula is C26H28O14. The van der Waals surface area contributed by atoms with Crippen molar-refractivity contribution in [1.82, 2.24) is 0 Å². The third-order valence-electron chi connectivity index (χ3n) is 8.19. The van der Waals surface area contributed by atoms with Crippen molar-refractivity contribution in [3.05, 3.63) is 47.2 Å². The fourth-order valence-electron chi connectivity index (χ4n) is 6.20. The number of carbonyl (C=O) groups is 2. The molecule has 0 unspecified atom stereocenters. The van der Waals surface area contributed by atoms with Crippen LogP contribution in [0.25, 0.3) is 6.08 Å². The van der Waals surface area contributed by atoms with Crippen molar-refractivity contribution in [1.29, 1.82) is 0 Å². The number of hydrogen-bond donors (Lipinski definition) is 6.